The van der Waals surface area contributed by atoms with E-state index in [-0.39, 0.29) is 5.41 Å². The minimum atomic E-state index is 0.218. The van der Waals surface area contributed by atoms with Gasteiger partial charge in [0.05, 0.1) is 0 Å². The van der Waals surface area contributed by atoms with E-state index in [0.717, 1.165) is 18.5 Å². The van der Waals surface area contributed by atoms with Gasteiger partial charge >= 0.3 is 0 Å². The highest BCUT2D eigenvalue weighted by atomic mass is 16.3. The molecule has 3 atom stereocenters. The third-order valence-electron chi connectivity index (χ3n) is 5.37. The molecule has 3 rings (SSSR count). The molecule has 3 unspecified atom stereocenters. The smallest absolute Gasteiger partial charge is 0.0499 e. The molecule has 0 spiro atoms. The Morgan fingerprint density at radius 1 is 1.18 bits per heavy atom. The molecule has 2 saturated heterocycles. The molecule has 0 amide bonds. The normalized spacial score (nSPS) is 39.7. The van der Waals surface area contributed by atoms with Crippen molar-refractivity contribution in [2.45, 2.75) is 44.6 Å². The van der Waals surface area contributed by atoms with Gasteiger partial charge in [-0.3, -0.25) is 0 Å². The van der Waals surface area contributed by atoms with E-state index in [4.69, 9.17) is 0 Å². The highest BCUT2D eigenvalue weighted by molar-refractivity contribution is 4.93. The Balaban J connectivity index is 1.53. The van der Waals surface area contributed by atoms with Crippen molar-refractivity contribution in [1.29, 1.82) is 0 Å². The summed E-state index contributed by atoms with van der Waals surface area (Å²) in [6.07, 6.45) is 7.75. The van der Waals surface area contributed by atoms with Crippen LogP contribution < -0.4 is 5.32 Å². The highest BCUT2D eigenvalue weighted by Crippen LogP contribution is 2.37. The Bertz CT molecular complexity index is 263. The molecule has 2 N–H and O–H groups in total. The van der Waals surface area contributed by atoms with Crippen molar-refractivity contribution in [3.8, 4) is 0 Å². The number of hydrogen-bond acceptors (Lipinski definition) is 3. The van der Waals surface area contributed by atoms with E-state index in [1.165, 1.54) is 58.2 Å². The number of rotatable bonds is 4. The van der Waals surface area contributed by atoms with Crippen LogP contribution in [0.1, 0.15) is 38.5 Å². The van der Waals surface area contributed by atoms with E-state index in [2.05, 4.69) is 10.2 Å². The molecule has 1 aliphatic carbocycles. The molecular formula is C14H26N2O. The topological polar surface area (TPSA) is 35.5 Å². The van der Waals surface area contributed by atoms with Crippen LogP contribution in [-0.4, -0.2) is 48.8 Å². The molecule has 1 saturated carbocycles. The van der Waals surface area contributed by atoms with Crippen molar-refractivity contribution in [3.05, 3.63) is 0 Å². The predicted molar refractivity (Wildman–Crippen MR) is 68.9 cm³/mol. The van der Waals surface area contributed by atoms with Crippen LogP contribution in [0.15, 0.2) is 0 Å². The van der Waals surface area contributed by atoms with Crippen molar-refractivity contribution < 1.29 is 5.11 Å². The van der Waals surface area contributed by atoms with E-state index in [0.29, 0.717) is 6.61 Å². The molecule has 98 valence electrons. The first kappa shape index (κ1) is 11.9. The number of hydrogen-bond donors (Lipinski definition) is 2. The Labute approximate surface area is 105 Å². The third-order valence-corrected chi connectivity index (χ3v) is 5.37. The summed E-state index contributed by atoms with van der Waals surface area (Å²) in [4.78, 5) is 2.60. The molecule has 2 heterocycles. The van der Waals surface area contributed by atoms with Gasteiger partial charge in [-0.05, 0) is 44.7 Å². The van der Waals surface area contributed by atoms with Gasteiger partial charge in [0.1, 0.15) is 0 Å². The maximum absolute atomic E-state index is 9.63. The minimum Gasteiger partial charge on any atom is -0.396 e. The average molecular weight is 238 g/mol. The van der Waals surface area contributed by atoms with Crippen molar-refractivity contribution >= 4 is 0 Å². The SMILES string of the molecule is OCC1(CNC2CCN3CCC2C3)CCCC1. The van der Waals surface area contributed by atoms with E-state index >= 15 is 0 Å². The monoisotopic (exact) mass is 238 g/mol. The largest absolute Gasteiger partial charge is 0.396 e. The van der Waals surface area contributed by atoms with Gasteiger partial charge in [-0.15, -0.1) is 0 Å². The third kappa shape index (κ3) is 2.38. The van der Waals surface area contributed by atoms with Crippen molar-refractivity contribution in [2.24, 2.45) is 11.3 Å². The lowest BCUT2D eigenvalue weighted by molar-refractivity contribution is 0.115. The van der Waals surface area contributed by atoms with Gasteiger partial charge < -0.3 is 15.3 Å². The van der Waals surface area contributed by atoms with Crippen molar-refractivity contribution in [1.82, 2.24) is 10.2 Å². The summed E-state index contributed by atoms with van der Waals surface area (Å²) >= 11 is 0. The standard InChI is InChI=1S/C14H26N2O/c17-11-14(5-1-2-6-14)10-15-13-4-8-16-7-3-12(13)9-16/h12-13,15,17H,1-11H2. The zero-order chi connectivity index (χ0) is 11.7. The molecule has 0 aromatic carbocycles. The fourth-order valence-corrected chi connectivity index (χ4v) is 4.08. The van der Waals surface area contributed by atoms with Gasteiger partial charge in [0.2, 0.25) is 0 Å². The fourth-order valence-electron chi connectivity index (χ4n) is 4.08. The molecular weight excluding hydrogens is 212 g/mol. The van der Waals surface area contributed by atoms with Gasteiger partial charge in [0.15, 0.2) is 0 Å². The Hall–Kier alpha value is -0.120. The van der Waals surface area contributed by atoms with Crippen LogP contribution in [-0.2, 0) is 0 Å². The van der Waals surface area contributed by atoms with Crippen LogP contribution in [0.4, 0.5) is 0 Å². The lowest BCUT2D eigenvalue weighted by Gasteiger charge is -2.35. The van der Waals surface area contributed by atoms with Crippen LogP contribution in [0.5, 0.6) is 0 Å². The number of aliphatic hydroxyl groups is 1. The molecule has 3 fully saturated rings. The average Bonchev–Trinajstić information content (AvgIpc) is 2.97. The van der Waals surface area contributed by atoms with E-state index in [1.54, 1.807) is 0 Å². The summed E-state index contributed by atoms with van der Waals surface area (Å²) in [5.74, 6) is 0.876. The first-order chi connectivity index (χ1) is 8.31. The molecule has 0 radical (unpaired) electrons. The maximum atomic E-state index is 9.63. The van der Waals surface area contributed by atoms with Crippen LogP contribution in [0.2, 0.25) is 0 Å². The van der Waals surface area contributed by atoms with E-state index in [9.17, 15) is 5.11 Å². The Morgan fingerprint density at radius 3 is 2.71 bits per heavy atom. The number of nitrogens with zero attached hydrogens (tertiary/aromatic N) is 1. The van der Waals surface area contributed by atoms with Crippen LogP contribution in [0.25, 0.3) is 0 Å². The number of aliphatic hydroxyl groups excluding tert-OH is 1. The lowest BCUT2D eigenvalue weighted by atomic mass is 9.85. The van der Waals surface area contributed by atoms with E-state index in [1.807, 2.05) is 0 Å². The summed E-state index contributed by atoms with van der Waals surface area (Å²) in [6.45, 7) is 5.33. The first-order valence-electron chi connectivity index (χ1n) is 7.38. The molecule has 3 aliphatic rings. The summed E-state index contributed by atoms with van der Waals surface area (Å²) in [5.41, 5.74) is 0.218. The summed E-state index contributed by atoms with van der Waals surface area (Å²) in [6, 6.07) is 0.720. The quantitative estimate of drug-likeness (QED) is 0.773. The molecule has 2 bridgehead atoms. The second-order valence-corrected chi connectivity index (χ2v) is 6.49. The summed E-state index contributed by atoms with van der Waals surface area (Å²) in [5, 5.41) is 13.4. The molecule has 0 aromatic rings. The summed E-state index contributed by atoms with van der Waals surface area (Å²) in [7, 11) is 0. The van der Waals surface area contributed by atoms with Gasteiger partial charge in [0.25, 0.3) is 0 Å². The lowest BCUT2D eigenvalue weighted by Crippen LogP contribution is -2.48. The number of piperidine rings is 1. The summed E-state index contributed by atoms with van der Waals surface area (Å²) < 4.78 is 0. The second-order valence-electron chi connectivity index (χ2n) is 6.49. The van der Waals surface area contributed by atoms with Gasteiger partial charge in [0, 0.05) is 31.2 Å². The molecule has 17 heavy (non-hydrogen) atoms. The van der Waals surface area contributed by atoms with Crippen LogP contribution in [0, 0.1) is 11.3 Å². The van der Waals surface area contributed by atoms with Crippen LogP contribution >= 0.6 is 0 Å². The highest BCUT2D eigenvalue weighted by Gasteiger charge is 2.37. The second kappa shape index (κ2) is 4.87. The maximum Gasteiger partial charge on any atom is 0.0499 e. The van der Waals surface area contributed by atoms with Gasteiger partial charge in [-0.25, -0.2) is 0 Å². The molecule has 0 aromatic heterocycles. The van der Waals surface area contributed by atoms with Crippen molar-refractivity contribution in [3.63, 3.8) is 0 Å². The molecule has 3 nitrogen and oxygen atoms in total. The number of nitrogens with one attached hydrogen (secondary N) is 1. The fraction of sp³-hybridized carbons (Fsp3) is 1.00. The first-order valence-corrected chi connectivity index (χ1v) is 7.38. The zero-order valence-corrected chi connectivity index (χ0v) is 10.8. The molecule has 3 heteroatoms. The van der Waals surface area contributed by atoms with E-state index < -0.39 is 0 Å². The zero-order valence-electron chi connectivity index (χ0n) is 10.8. The van der Waals surface area contributed by atoms with Crippen LogP contribution in [0.3, 0.4) is 0 Å². The van der Waals surface area contributed by atoms with Gasteiger partial charge in [-0.1, -0.05) is 12.8 Å². The molecule has 2 aliphatic heterocycles. The Kier molecular flexibility index (Phi) is 3.42. The van der Waals surface area contributed by atoms with Crippen molar-refractivity contribution in [2.75, 3.05) is 32.8 Å². The minimum absolute atomic E-state index is 0.218. The number of fused-ring (bicyclic) bond motifs is 2. The Morgan fingerprint density at radius 2 is 1.94 bits per heavy atom. The predicted octanol–water partition coefficient (Wildman–Crippen LogP) is 1.22. The van der Waals surface area contributed by atoms with Gasteiger partial charge in [-0.2, -0.15) is 0 Å².